The Hall–Kier alpha value is -0.910. The van der Waals surface area contributed by atoms with Gasteiger partial charge in [-0.15, -0.1) is 0 Å². The molecule has 0 unspecified atom stereocenters. The van der Waals surface area contributed by atoms with Crippen LogP contribution in [0.2, 0.25) is 4.47 Å². The molecule has 1 N–H and O–H groups in total. The van der Waals surface area contributed by atoms with Crippen LogP contribution in [0, 0.1) is 6.92 Å². The normalized spacial score (nSPS) is 12.7. The molecular formula is C9H11ClF3N3O3S2. The third-order valence-electron chi connectivity index (χ3n) is 2.22. The minimum Gasteiger partial charge on any atom is -0.346 e. The standard InChI is InChI=1S/C9H11ClF3N3O3S2/c1-5-7(20-8(10)15-5)21(18,19)16(2)3-6(17)14-4-9(11,12)13/h3-4H2,1-2H3,(H,14,17). The highest BCUT2D eigenvalue weighted by atomic mass is 35.5. The van der Waals surface area contributed by atoms with Gasteiger partial charge in [-0.1, -0.05) is 22.9 Å². The van der Waals surface area contributed by atoms with Gasteiger partial charge in [0.05, 0.1) is 12.2 Å². The zero-order chi connectivity index (χ0) is 16.4. The van der Waals surface area contributed by atoms with Gasteiger partial charge in [-0.3, -0.25) is 4.79 Å². The number of alkyl halides is 3. The molecule has 0 aromatic carbocycles. The van der Waals surface area contributed by atoms with Crippen molar-refractivity contribution in [3.8, 4) is 0 Å². The van der Waals surface area contributed by atoms with Crippen molar-refractivity contribution < 1.29 is 26.4 Å². The molecule has 6 nitrogen and oxygen atoms in total. The predicted molar refractivity (Wildman–Crippen MR) is 70.7 cm³/mol. The molecule has 0 saturated carbocycles. The molecule has 0 saturated heterocycles. The smallest absolute Gasteiger partial charge is 0.346 e. The molecule has 12 heteroatoms. The van der Waals surface area contributed by atoms with Crippen LogP contribution in [-0.4, -0.2) is 49.9 Å². The van der Waals surface area contributed by atoms with Crippen LogP contribution in [0.25, 0.3) is 0 Å². The summed E-state index contributed by atoms with van der Waals surface area (Å²) >= 11 is 6.31. The molecule has 21 heavy (non-hydrogen) atoms. The molecule has 1 rings (SSSR count). The lowest BCUT2D eigenvalue weighted by Gasteiger charge is -2.16. The number of amides is 1. The number of rotatable bonds is 5. The van der Waals surface area contributed by atoms with Crippen molar-refractivity contribution in [3.63, 3.8) is 0 Å². The lowest BCUT2D eigenvalue weighted by Crippen LogP contribution is -2.41. The van der Waals surface area contributed by atoms with Crippen molar-refractivity contribution in [1.82, 2.24) is 14.6 Å². The van der Waals surface area contributed by atoms with Gasteiger partial charge < -0.3 is 5.32 Å². The summed E-state index contributed by atoms with van der Waals surface area (Å²) in [5, 5.41) is 1.59. The Balaban J connectivity index is 2.77. The van der Waals surface area contributed by atoms with E-state index in [1.807, 2.05) is 0 Å². The Morgan fingerprint density at radius 3 is 2.48 bits per heavy atom. The van der Waals surface area contributed by atoms with E-state index in [-0.39, 0.29) is 14.4 Å². The topological polar surface area (TPSA) is 79.4 Å². The largest absolute Gasteiger partial charge is 0.405 e. The number of thiazole rings is 1. The third kappa shape index (κ3) is 5.09. The van der Waals surface area contributed by atoms with Crippen LogP contribution < -0.4 is 5.32 Å². The number of carbonyl (C=O) groups excluding carboxylic acids is 1. The molecule has 1 aromatic rings. The molecule has 0 bridgehead atoms. The molecule has 0 fully saturated rings. The van der Waals surface area contributed by atoms with Gasteiger partial charge in [0.2, 0.25) is 5.91 Å². The summed E-state index contributed by atoms with van der Waals surface area (Å²) in [5.41, 5.74) is 0.160. The molecule has 0 radical (unpaired) electrons. The first-order chi connectivity index (χ1) is 9.43. The summed E-state index contributed by atoms with van der Waals surface area (Å²) in [4.78, 5) is 15.0. The number of likely N-dealkylation sites (N-methyl/N-ethyl adjacent to an activating group) is 1. The Kier molecular flexibility index (Phi) is 5.58. The summed E-state index contributed by atoms with van der Waals surface area (Å²) in [6, 6.07) is 0. The number of nitrogens with zero attached hydrogens (tertiary/aromatic N) is 2. The number of sulfonamides is 1. The summed E-state index contributed by atoms with van der Waals surface area (Å²) in [7, 11) is -2.96. The van der Waals surface area contributed by atoms with Gasteiger partial charge >= 0.3 is 6.18 Å². The first kappa shape index (κ1) is 18.1. The predicted octanol–water partition coefficient (Wildman–Crippen LogP) is 1.40. The second kappa shape index (κ2) is 6.46. The Bertz CT molecular complexity index is 630. The Labute approximate surface area is 128 Å². The van der Waals surface area contributed by atoms with Crippen LogP contribution in [0.3, 0.4) is 0 Å². The zero-order valence-electron chi connectivity index (χ0n) is 10.9. The lowest BCUT2D eigenvalue weighted by molar-refractivity contribution is -0.138. The fraction of sp³-hybridized carbons (Fsp3) is 0.556. The average molecular weight is 366 g/mol. The number of aromatic nitrogens is 1. The van der Waals surface area contributed by atoms with Gasteiger partial charge in [0, 0.05) is 7.05 Å². The van der Waals surface area contributed by atoms with Gasteiger partial charge in [-0.25, -0.2) is 13.4 Å². The molecule has 0 atom stereocenters. The molecule has 1 amide bonds. The molecular weight excluding hydrogens is 355 g/mol. The highest BCUT2D eigenvalue weighted by molar-refractivity contribution is 7.91. The van der Waals surface area contributed by atoms with Crippen LogP contribution in [0.4, 0.5) is 13.2 Å². The summed E-state index contributed by atoms with van der Waals surface area (Å²) < 4.78 is 60.6. The molecule has 1 heterocycles. The van der Waals surface area contributed by atoms with E-state index in [0.29, 0.717) is 15.6 Å². The number of hydrogen-bond donors (Lipinski definition) is 1. The minimum absolute atomic E-state index is 0.0148. The number of halogens is 4. The monoisotopic (exact) mass is 365 g/mol. The van der Waals surface area contributed by atoms with Gasteiger partial charge in [0.25, 0.3) is 10.0 Å². The first-order valence-electron chi connectivity index (χ1n) is 5.36. The maximum atomic E-state index is 12.1. The van der Waals surface area contributed by atoms with E-state index in [0.717, 1.165) is 7.05 Å². The maximum Gasteiger partial charge on any atom is 0.405 e. The van der Waals surface area contributed by atoms with Crippen molar-refractivity contribution >= 4 is 38.9 Å². The van der Waals surface area contributed by atoms with Crippen LogP contribution in [0.5, 0.6) is 0 Å². The van der Waals surface area contributed by atoms with Crippen LogP contribution in [-0.2, 0) is 14.8 Å². The average Bonchev–Trinajstić information content (AvgIpc) is 2.65. The molecule has 120 valence electrons. The lowest BCUT2D eigenvalue weighted by atomic mass is 10.5. The Morgan fingerprint density at radius 1 is 1.48 bits per heavy atom. The fourth-order valence-corrected chi connectivity index (χ4v) is 4.33. The van der Waals surface area contributed by atoms with Crippen molar-refractivity contribution in [3.05, 3.63) is 10.2 Å². The fourth-order valence-electron chi connectivity index (χ4n) is 1.27. The van der Waals surface area contributed by atoms with Crippen LogP contribution >= 0.6 is 22.9 Å². The van der Waals surface area contributed by atoms with Gasteiger partial charge in [0.15, 0.2) is 8.68 Å². The van der Waals surface area contributed by atoms with Gasteiger partial charge in [-0.2, -0.15) is 17.5 Å². The molecule has 0 aliphatic rings. The van der Waals surface area contributed by atoms with Crippen molar-refractivity contribution in [1.29, 1.82) is 0 Å². The molecule has 1 aromatic heterocycles. The second-order valence-electron chi connectivity index (χ2n) is 3.99. The second-order valence-corrected chi connectivity index (χ2v) is 7.81. The zero-order valence-corrected chi connectivity index (χ0v) is 13.3. The van der Waals surface area contributed by atoms with Crippen molar-refractivity contribution in [2.75, 3.05) is 20.1 Å². The number of aryl methyl sites for hydroxylation is 1. The quantitative estimate of drug-likeness (QED) is 0.855. The van der Waals surface area contributed by atoms with E-state index in [9.17, 15) is 26.4 Å². The van der Waals surface area contributed by atoms with Crippen LogP contribution in [0.1, 0.15) is 5.69 Å². The van der Waals surface area contributed by atoms with Crippen LogP contribution in [0.15, 0.2) is 4.21 Å². The first-order valence-corrected chi connectivity index (χ1v) is 7.99. The van der Waals surface area contributed by atoms with Gasteiger partial charge in [-0.05, 0) is 6.92 Å². The van der Waals surface area contributed by atoms with Crippen molar-refractivity contribution in [2.45, 2.75) is 17.3 Å². The maximum absolute atomic E-state index is 12.1. The third-order valence-corrected chi connectivity index (χ3v) is 5.88. The SMILES string of the molecule is Cc1nc(Cl)sc1S(=O)(=O)N(C)CC(=O)NCC(F)(F)F. The molecule has 0 aliphatic carbocycles. The van der Waals surface area contributed by atoms with E-state index < -0.39 is 35.2 Å². The highest BCUT2D eigenvalue weighted by Crippen LogP contribution is 2.28. The summed E-state index contributed by atoms with van der Waals surface area (Å²) in [6.45, 7) is -0.842. The van der Waals surface area contributed by atoms with E-state index in [4.69, 9.17) is 11.6 Å². The van der Waals surface area contributed by atoms with E-state index in [2.05, 4.69) is 4.98 Å². The molecule has 0 aliphatic heterocycles. The van der Waals surface area contributed by atoms with Gasteiger partial charge in [0.1, 0.15) is 6.54 Å². The van der Waals surface area contributed by atoms with Crippen molar-refractivity contribution in [2.24, 2.45) is 0 Å². The summed E-state index contributed by atoms with van der Waals surface area (Å²) in [5.74, 6) is -1.06. The number of hydrogen-bond acceptors (Lipinski definition) is 5. The van der Waals surface area contributed by atoms with E-state index >= 15 is 0 Å². The highest BCUT2D eigenvalue weighted by Gasteiger charge is 2.30. The van der Waals surface area contributed by atoms with E-state index in [1.54, 1.807) is 5.32 Å². The minimum atomic E-state index is -4.56. The molecule has 0 spiro atoms. The number of carbonyl (C=O) groups is 1. The summed E-state index contributed by atoms with van der Waals surface area (Å²) in [6.07, 6.45) is -4.56. The van der Waals surface area contributed by atoms with E-state index in [1.165, 1.54) is 6.92 Å². The Morgan fingerprint density at radius 2 is 2.05 bits per heavy atom. The number of nitrogens with one attached hydrogen (secondary N) is 1.